The predicted octanol–water partition coefficient (Wildman–Crippen LogP) is 4.63. The van der Waals surface area contributed by atoms with Gasteiger partial charge >= 0.3 is 0 Å². The SMILES string of the molecule is CCc1cc2c(s1)CCO[C@@]21CCN(CC2CC(NS(=O)(=O)c3cccc(C)c3)C2)[C@@H](C)C1. The van der Waals surface area contributed by atoms with Crippen molar-refractivity contribution in [3.05, 3.63) is 51.2 Å². The van der Waals surface area contributed by atoms with Crippen LogP contribution in [0.15, 0.2) is 35.2 Å². The summed E-state index contributed by atoms with van der Waals surface area (Å²) in [7, 11) is -3.44. The van der Waals surface area contributed by atoms with Crippen LogP contribution in [0.5, 0.6) is 0 Å². The monoisotopic (exact) mass is 488 g/mol. The first-order chi connectivity index (χ1) is 15.8. The second kappa shape index (κ2) is 9.08. The minimum atomic E-state index is -3.44. The minimum Gasteiger partial charge on any atom is -0.370 e. The van der Waals surface area contributed by atoms with Crippen LogP contribution in [-0.2, 0) is 33.2 Å². The smallest absolute Gasteiger partial charge is 0.240 e. The highest BCUT2D eigenvalue weighted by Crippen LogP contribution is 2.46. The fourth-order valence-electron chi connectivity index (χ4n) is 5.93. The molecule has 1 aliphatic carbocycles. The number of thiophene rings is 1. The van der Waals surface area contributed by atoms with Crippen LogP contribution in [0.1, 0.15) is 60.4 Å². The van der Waals surface area contributed by atoms with Crippen LogP contribution in [0.25, 0.3) is 0 Å². The van der Waals surface area contributed by atoms with Gasteiger partial charge in [-0.15, -0.1) is 11.3 Å². The summed E-state index contributed by atoms with van der Waals surface area (Å²) in [5.74, 6) is 0.558. The number of rotatable bonds is 6. The van der Waals surface area contributed by atoms with E-state index in [1.165, 1.54) is 10.4 Å². The number of aryl methyl sites for hydroxylation is 2. The molecule has 3 heterocycles. The second-order valence-corrected chi connectivity index (χ2v) is 13.2. The highest BCUT2D eigenvalue weighted by Gasteiger charge is 2.45. The molecular weight excluding hydrogens is 452 g/mol. The normalized spacial score (nSPS) is 30.2. The summed E-state index contributed by atoms with van der Waals surface area (Å²) in [4.78, 5) is 5.99. The number of likely N-dealkylation sites (tertiary alicyclic amines) is 1. The Kier molecular flexibility index (Phi) is 6.46. The number of benzene rings is 1. The maximum atomic E-state index is 12.7. The van der Waals surface area contributed by atoms with Crippen molar-refractivity contribution < 1.29 is 13.2 Å². The molecule has 3 aliphatic rings. The Labute approximate surface area is 202 Å². The van der Waals surface area contributed by atoms with Gasteiger partial charge in [-0.1, -0.05) is 19.1 Å². The van der Waals surface area contributed by atoms with Gasteiger partial charge in [0.15, 0.2) is 0 Å². The van der Waals surface area contributed by atoms with E-state index in [0.717, 1.165) is 63.8 Å². The van der Waals surface area contributed by atoms with E-state index in [0.29, 0.717) is 16.9 Å². The van der Waals surface area contributed by atoms with Gasteiger partial charge in [0.05, 0.1) is 17.1 Å². The summed E-state index contributed by atoms with van der Waals surface area (Å²) in [5.41, 5.74) is 2.33. The summed E-state index contributed by atoms with van der Waals surface area (Å²) >= 11 is 1.98. The molecule has 7 heteroatoms. The molecule has 33 heavy (non-hydrogen) atoms. The van der Waals surface area contributed by atoms with Crippen molar-refractivity contribution in [2.45, 2.75) is 81.9 Å². The lowest BCUT2D eigenvalue weighted by Gasteiger charge is -2.49. The zero-order valence-corrected chi connectivity index (χ0v) is 21.6. The Bertz CT molecular complexity index is 1110. The third-order valence-electron chi connectivity index (χ3n) is 7.81. The molecular formula is C26H36N2O3S2. The van der Waals surface area contributed by atoms with Crippen molar-refractivity contribution >= 4 is 21.4 Å². The highest BCUT2D eigenvalue weighted by molar-refractivity contribution is 7.89. The van der Waals surface area contributed by atoms with Crippen LogP contribution in [0.2, 0.25) is 0 Å². The van der Waals surface area contributed by atoms with E-state index in [9.17, 15) is 8.42 Å². The maximum absolute atomic E-state index is 12.7. The maximum Gasteiger partial charge on any atom is 0.240 e. The van der Waals surface area contributed by atoms with Gasteiger partial charge in [-0.2, -0.15) is 0 Å². The number of ether oxygens (including phenoxy) is 1. The first-order valence-corrected chi connectivity index (χ1v) is 14.7. The van der Waals surface area contributed by atoms with Crippen LogP contribution < -0.4 is 4.72 Å². The number of sulfonamides is 1. The van der Waals surface area contributed by atoms with Gasteiger partial charge in [-0.3, -0.25) is 0 Å². The molecule has 1 spiro atoms. The van der Waals surface area contributed by atoms with Crippen LogP contribution in [0.4, 0.5) is 0 Å². The standard InChI is InChI=1S/C26H36N2O3S2/c1-4-22-15-24-25(32-22)8-11-31-26(24)9-10-28(19(3)16-26)17-20-13-21(14-20)27-33(29,30)23-7-5-6-18(2)12-23/h5-7,12,15,19-21,27H,4,8-11,13-14,16-17H2,1-3H3/t19-,20?,21?,26+/m0/s1. The van der Waals surface area contributed by atoms with Gasteiger partial charge in [0.1, 0.15) is 0 Å². The van der Waals surface area contributed by atoms with Gasteiger partial charge < -0.3 is 9.64 Å². The van der Waals surface area contributed by atoms with Crippen LogP contribution >= 0.6 is 11.3 Å². The summed E-state index contributed by atoms with van der Waals surface area (Å²) < 4.78 is 34.8. The largest absolute Gasteiger partial charge is 0.370 e. The number of piperidine rings is 1. The Morgan fingerprint density at radius 2 is 2.09 bits per heavy atom. The summed E-state index contributed by atoms with van der Waals surface area (Å²) in [6, 6.07) is 10.1. The molecule has 0 radical (unpaired) electrons. The Balaban J connectivity index is 1.15. The molecule has 2 fully saturated rings. The first kappa shape index (κ1) is 23.5. The number of fused-ring (bicyclic) bond motifs is 2. The van der Waals surface area contributed by atoms with E-state index >= 15 is 0 Å². The fraction of sp³-hybridized carbons (Fsp3) is 0.615. The van der Waals surface area contributed by atoms with Crippen LogP contribution in [0, 0.1) is 12.8 Å². The zero-order valence-electron chi connectivity index (χ0n) is 20.0. The van der Waals surface area contributed by atoms with E-state index < -0.39 is 10.0 Å². The molecule has 1 saturated carbocycles. The molecule has 1 saturated heterocycles. The fourth-order valence-corrected chi connectivity index (χ4v) is 8.47. The molecule has 2 aliphatic heterocycles. The number of hydrogen-bond donors (Lipinski definition) is 1. The van der Waals surface area contributed by atoms with Crippen LogP contribution in [-0.4, -0.2) is 45.1 Å². The van der Waals surface area contributed by atoms with Gasteiger partial charge in [0.2, 0.25) is 10.0 Å². The molecule has 2 atom stereocenters. The molecule has 1 N–H and O–H groups in total. The van der Waals surface area contributed by atoms with Crippen molar-refractivity contribution in [1.82, 2.24) is 9.62 Å². The minimum absolute atomic E-state index is 0.0504. The van der Waals surface area contributed by atoms with Crippen molar-refractivity contribution in [3.8, 4) is 0 Å². The van der Waals surface area contributed by atoms with E-state index in [2.05, 4.69) is 29.5 Å². The molecule has 0 unspecified atom stereocenters. The first-order valence-electron chi connectivity index (χ1n) is 12.4. The Morgan fingerprint density at radius 3 is 2.82 bits per heavy atom. The average Bonchev–Trinajstić information content (AvgIpc) is 3.19. The number of nitrogens with zero attached hydrogens (tertiary/aromatic N) is 1. The quantitative estimate of drug-likeness (QED) is 0.644. The molecule has 180 valence electrons. The topological polar surface area (TPSA) is 58.6 Å². The average molecular weight is 489 g/mol. The lowest BCUT2D eigenvalue weighted by Crippen LogP contribution is -2.54. The molecule has 0 bridgehead atoms. The van der Waals surface area contributed by atoms with Crippen molar-refractivity contribution in [2.75, 3.05) is 19.7 Å². The lowest BCUT2D eigenvalue weighted by atomic mass is 9.77. The third-order valence-corrected chi connectivity index (χ3v) is 10.7. The predicted molar refractivity (Wildman–Crippen MR) is 133 cm³/mol. The van der Waals surface area contributed by atoms with Gasteiger partial charge in [-0.25, -0.2) is 13.1 Å². The van der Waals surface area contributed by atoms with Gasteiger partial charge in [0.25, 0.3) is 0 Å². The second-order valence-electron chi connectivity index (χ2n) is 10.3. The van der Waals surface area contributed by atoms with Gasteiger partial charge in [-0.05, 0) is 81.2 Å². The Morgan fingerprint density at radius 1 is 1.27 bits per heavy atom. The summed E-state index contributed by atoms with van der Waals surface area (Å²) in [6.45, 7) is 9.44. The van der Waals surface area contributed by atoms with Crippen molar-refractivity contribution in [1.29, 1.82) is 0 Å². The summed E-state index contributed by atoms with van der Waals surface area (Å²) in [5, 5.41) is 0. The molecule has 0 amide bonds. The van der Waals surface area contributed by atoms with E-state index in [4.69, 9.17) is 4.74 Å². The zero-order chi connectivity index (χ0) is 23.2. The third kappa shape index (κ3) is 4.67. The van der Waals surface area contributed by atoms with E-state index in [1.54, 1.807) is 23.1 Å². The van der Waals surface area contributed by atoms with Gasteiger partial charge in [0, 0.05) is 41.3 Å². The molecule has 2 aromatic rings. The summed E-state index contributed by atoms with van der Waals surface area (Å²) in [6.07, 6.45) is 6.11. The molecule has 5 nitrogen and oxygen atoms in total. The van der Waals surface area contributed by atoms with Crippen molar-refractivity contribution in [2.24, 2.45) is 5.92 Å². The number of hydrogen-bond acceptors (Lipinski definition) is 5. The van der Waals surface area contributed by atoms with E-state index in [1.807, 2.05) is 24.3 Å². The highest BCUT2D eigenvalue weighted by atomic mass is 32.2. The van der Waals surface area contributed by atoms with Crippen LogP contribution in [0.3, 0.4) is 0 Å². The molecule has 5 rings (SSSR count). The Hall–Kier alpha value is -1.25. The van der Waals surface area contributed by atoms with E-state index in [-0.39, 0.29) is 11.6 Å². The van der Waals surface area contributed by atoms with Crippen molar-refractivity contribution in [3.63, 3.8) is 0 Å². The molecule has 1 aromatic carbocycles. The number of nitrogens with one attached hydrogen (secondary N) is 1. The lowest BCUT2D eigenvalue weighted by molar-refractivity contribution is -0.114. The molecule has 1 aromatic heterocycles.